The number of halogens is 2. The molecule has 1 aliphatic carbocycles. The van der Waals surface area contributed by atoms with Crippen LogP contribution in [0.2, 0.25) is 0 Å². The summed E-state index contributed by atoms with van der Waals surface area (Å²) in [5, 5.41) is 20.2. The van der Waals surface area contributed by atoms with Crippen LogP contribution in [0, 0.1) is 5.82 Å². The van der Waals surface area contributed by atoms with Crippen molar-refractivity contribution < 1.29 is 14.6 Å². The highest BCUT2D eigenvalue weighted by molar-refractivity contribution is 8.93. The fourth-order valence-electron chi connectivity index (χ4n) is 4.17. The lowest BCUT2D eigenvalue weighted by Gasteiger charge is -2.41. The Kier molecular flexibility index (Phi) is 4.58. The highest BCUT2D eigenvalue weighted by Crippen LogP contribution is 2.50. The number of phenols is 2. The molecule has 5 heteroatoms. The normalized spacial score (nSPS) is 18.5. The Morgan fingerprint density at radius 2 is 2.00 bits per heavy atom. The van der Waals surface area contributed by atoms with Crippen LogP contribution < -0.4 is 0 Å². The van der Waals surface area contributed by atoms with Crippen LogP contribution in [0.3, 0.4) is 0 Å². The topological polar surface area (TPSA) is 43.7 Å². The standard InChI is InChI=1S/C19H20FNO2.BrH/c1-2-6-21-7-5-12-8-13(20)10-14-17(12)15(21)9-11-3-4-16(22)19(23)18(11)14;/h3-4,8,10,15,22-23H,2,5-7,9H2,1H3;1H/t15-;/m1./s1. The first-order chi connectivity index (χ1) is 11.1. The van der Waals surface area contributed by atoms with Gasteiger partial charge in [-0.05, 0) is 66.3 Å². The molecule has 0 spiro atoms. The molecule has 0 saturated carbocycles. The van der Waals surface area contributed by atoms with Gasteiger partial charge in [-0.3, -0.25) is 4.90 Å². The summed E-state index contributed by atoms with van der Waals surface area (Å²) in [5.74, 6) is -0.570. The number of fused-ring (bicyclic) bond motifs is 2. The maximum Gasteiger partial charge on any atom is 0.165 e. The molecule has 0 saturated heterocycles. The molecule has 4 rings (SSSR count). The third-order valence-corrected chi connectivity index (χ3v) is 5.11. The molecule has 128 valence electrons. The van der Waals surface area contributed by atoms with E-state index in [1.807, 2.05) is 6.07 Å². The molecule has 0 unspecified atom stereocenters. The van der Waals surface area contributed by atoms with Gasteiger partial charge in [0.15, 0.2) is 11.5 Å². The molecule has 0 aromatic heterocycles. The summed E-state index contributed by atoms with van der Waals surface area (Å²) in [4.78, 5) is 2.45. The minimum Gasteiger partial charge on any atom is -0.504 e. The molecule has 1 heterocycles. The van der Waals surface area contributed by atoms with E-state index in [2.05, 4.69) is 11.8 Å². The molecule has 0 amide bonds. The number of hydrogen-bond donors (Lipinski definition) is 2. The van der Waals surface area contributed by atoms with Crippen LogP contribution >= 0.6 is 17.0 Å². The highest BCUT2D eigenvalue weighted by Gasteiger charge is 2.35. The molecule has 0 bridgehead atoms. The zero-order chi connectivity index (χ0) is 16.1. The largest absolute Gasteiger partial charge is 0.504 e. The predicted octanol–water partition coefficient (Wildman–Crippen LogP) is 4.35. The van der Waals surface area contributed by atoms with Gasteiger partial charge in [-0.25, -0.2) is 4.39 Å². The monoisotopic (exact) mass is 393 g/mol. The lowest BCUT2D eigenvalue weighted by molar-refractivity contribution is 0.182. The number of phenolic OH excluding ortho intramolecular Hbond substituents is 2. The minimum atomic E-state index is -0.281. The van der Waals surface area contributed by atoms with Crippen molar-refractivity contribution in [3.8, 4) is 22.6 Å². The van der Waals surface area contributed by atoms with Crippen molar-refractivity contribution in [3.63, 3.8) is 0 Å². The van der Waals surface area contributed by atoms with E-state index in [1.54, 1.807) is 6.07 Å². The van der Waals surface area contributed by atoms with E-state index in [0.29, 0.717) is 5.56 Å². The summed E-state index contributed by atoms with van der Waals surface area (Å²) < 4.78 is 14.1. The van der Waals surface area contributed by atoms with Gasteiger partial charge >= 0.3 is 0 Å². The summed E-state index contributed by atoms with van der Waals surface area (Å²) in [6.07, 6.45) is 2.69. The molecule has 3 nitrogen and oxygen atoms in total. The summed E-state index contributed by atoms with van der Waals surface area (Å²) >= 11 is 0. The van der Waals surface area contributed by atoms with Gasteiger partial charge in [-0.2, -0.15) is 0 Å². The van der Waals surface area contributed by atoms with E-state index in [-0.39, 0.29) is 40.3 Å². The maximum atomic E-state index is 14.1. The van der Waals surface area contributed by atoms with E-state index in [9.17, 15) is 14.6 Å². The third kappa shape index (κ3) is 2.50. The smallest absolute Gasteiger partial charge is 0.165 e. The first kappa shape index (κ1) is 17.2. The van der Waals surface area contributed by atoms with Crippen LogP contribution in [0.15, 0.2) is 24.3 Å². The number of nitrogens with zero attached hydrogens (tertiary/aromatic N) is 1. The van der Waals surface area contributed by atoms with Gasteiger partial charge in [0.1, 0.15) is 5.82 Å². The molecular formula is C19H21BrFNO2. The van der Waals surface area contributed by atoms with E-state index in [4.69, 9.17) is 0 Å². The summed E-state index contributed by atoms with van der Waals surface area (Å²) in [5.41, 5.74) is 4.46. The summed E-state index contributed by atoms with van der Waals surface area (Å²) in [6, 6.07) is 6.72. The second-order valence-corrected chi connectivity index (χ2v) is 6.50. The van der Waals surface area contributed by atoms with Crippen molar-refractivity contribution in [2.24, 2.45) is 0 Å². The zero-order valence-corrected chi connectivity index (χ0v) is 15.3. The van der Waals surface area contributed by atoms with Crippen LogP contribution in [0.25, 0.3) is 11.1 Å². The molecule has 0 fully saturated rings. The Morgan fingerprint density at radius 1 is 1.21 bits per heavy atom. The van der Waals surface area contributed by atoms with Gasteiger partial charge < -0.3 is 10.2 Å². The van der Waals surface area contributed by atoms with Crippen LogP contribution in [-0.2, 0) is 12.8 Å². The molecule has 1 atom stereocenters. The Hall–Kier alpha value is -1.59. The molecule has 2 N–H and O–H groups in total. The van der Waals surface area contributed by atoms with Gasteiger partial charge in [0.05, 0.1) is 0 Å². The van der Waals surface area contributed by atoms with Crippen molar-refractivity contribution in [2.45, 2.75) is 32.2 Å². The Morgan fingerprint density at radius 3 is 2.75 bits per heavy atom. The first-order valence-corrected chi connectivity index (χ1v) is 8.20. The second-order valence-electron chi connectivity index (χ2n) is 6.50. The SMILES string of the molecule is Br.CCCN1CCc2cc(F)cc3c2[C@H]1Cc1ccc(O)c(O)c1-3. The van der Waals surface area contributed by atoms with Crippen molar-refractivity contribution in [2.75, 3.05) is 13.1 Å². The molecule has 24 heavy (non-hydrogen) atoms. The average Bonchev–Trinajstić information content (AvgIpc) is 2.53. The van der Waals surface area contributed by atoms with E-state index >= 15 is 0 Å². The van der Waals surface area contributed by atoms with Crippen LogP contribution in [-0.4, -0.2) is 28.2 Å². The maximum absolute atomic E-state index is 14.1. The first-order valence-electron chi connectivity index (χ1n) is 8.20. The van der Waals surface area contributed by atoms with Gasteiger partial charge in [0.2, 0.25) is 0 Å². The van der Waals surface area contributed by atoms with Crippen molar-refractivity contribution in [1.82, 2.24) is 4.90 Å². The molecule has 1 aliphatic heterocycles. The van der Waals surface area contributed by atoms with Crippen molar-refractivity contribution in [3.05, 3.63) is 46.8 Å². The second kappa shape index (κ2) is 6.37. The van der Waals surface area contributed by atoms with E-state index < -0.39 is 0 Å². The Balaban J connectivity index is 0.00000169. The number of hydrogen-bond acceptors (Lipinski definition) is 3. The third-order valence-electron chi connectivity index (χ3n) is 5.11. The highest BCUT2D eigenvalue weighted by atomic mass is 79.9. The zero-order valence-electron chi connectivity index (χ0n) is 13.6. The number of rotatable bonds is 2. The quantitative estimate of drug-likeness (QED) is 0.745. The fraction of sp³-hybridized carbons (Fsp3) is 0.368. The van der Waals surface area contributed by atoms with Crippen LogP contribution in [0.4, 0.5) is 4.39 Å². The van der Waals surface area contributed by atoms with E-state index in [1.165, 1.54) is 12.1 Å². The molecular weight excluding hydrogens is 373 g/mol. The summed E-state index contributed by atoms with van der Waals surface area (Å²) in [7, 11) is 0. The fourth-order valence-corrected chi connectivity index (χ4v) is 4.17. The molecule has 2 aliphatic rings. The number of aromatic hydroxyl groups is 2. The number of benzene rings is 2. The van der Waals surface area contributed by atoms with Gasteiger partial charge in [-0.1, -0.05) is 13.0 Å². The molecule has 2 aromatic rings. The average molecular weight is 394 g/mol. The predicted molar refractivity (Wildman–Crippen MR) is 97.5 cm³/mol. The van der Waals surface area contributed by atoms with E-state index in [0.717, 1.165) is 54.6 Å². The van der Waals surface area contributed by atoms with Crippen LogP contribution in [0.1, 0.15) is 36.1 Å². The lowest BCUT2D eigenvalue weighted by Crippen LogP contribution is -2.39. The Bertz CT molecular complexity index is 793. The van der Waals surface area contributed by atoms with Crippen molar-refractivity contribution >= 4 is 17.0 Å². The lowest BCUT2D eigenvalue weighted by atomic mass is 9.76. The van der Waals surface area contributed by atoms with Crippen LogP contribution in [0.5, 0.6) is 11.5 Å². The minimum absolute atomic E-state index is 0. The van der Waals surface area contributed by atoms with Gasteiger partial charge in [0, 0.05) is 18.2 Å². The molecule has 2 aromatic carbocycles. The summed E-state index contributed by atoms with van der Waals surface area (Å²) in [6.45, 7) is 4.12. The molecule has 0 radical (unpaired) electrons. The van der Waals surface area contributed by atoms with Gasteiger partial charge in [-0.15, -0.1) is 17.0 Å². The van der Waals surface area contributed by atoms with Gasteiger partial charge in [0.25, 0.3) is 0 Å². The van der Waals surface area contributed by atoms with Crippen molar-refractivity contribution in [1.29, 1.82) is 0 Å². The Labute approximate surface area is 151 Å².